The van der Waals surface area contributed by atoms with Crippen LogP contribution in [0.5, 0.6) is 0 Å². The molecule has 1 aromatic heterocycles. The highest BCUT2D eigenvalue weighted by Crippen LogP contribution is 2.22. The summed E-state index contributed by atoms with van der Waals surface area (Å²) in [5, 5.41) is 30.2. The number of nitrogens with zero attached hydrogens (tertiary/aromatic N) is 5. The standard InChI is InChI=1S/C11H10N6O2/c1-16-7-14-15-11(16)6-13-9-3-2-8(5-12)10(4-9)17(18)19/h2-4,7,13H,6H2,1H3. The van der Waals surface area contributed by atoms with E-state index in [1.165, 1.54) is 12.1 Å². The maximum atomic E-state index is 10.8. The van der Waals surface area contributed by atoms with Crippen molar-refractivity contribution < 1.29 is 4.92 Å². The highest BCUT2D eigenvalue weighted by atomic mass is 16.6. The van der Waals surface area contributed by atoms with Crippen molar-refractivity contribution in [3.8, 4) is 6.07 Å². The van der Waals surface area contributed by atoms with Gasteiger partial charge >= 0.3 is 0 Å². The number of aryl methyl sites for hydroxylation is 1. The molecule has 8 nitrogen and oxygen atoms in total. The molecule has 0 saturated carbocycles. The fraction of sp³-hybridized carbons (Fsp3) is 0.182. The van der Waals surface area contributed by atoms with Gasteiger partial charge in [0.05, 0.1) is 11.5 Å². The fourth-order valence-corrected chi connectivity index (χ4v) is 1.54. The summed E-state index contributed by atoms with van der Waals surface area (Å²) >= 11 is 0. The number of nitriles is 1. The number of aromatic nitrogens is 3. The second-order valence-corrected chi connectivity index (χ2v) is 3.81. The van der Waals surface area contributed by atoms with E-state index in [4.69, 9.17) is 5.26 Å². The van der Waals surface area contributed by atoms with Crippen LogP contribution < -0.4 is 5.32 Å². The Balaban J connectivity index is 2.18. The van der Waals surface area contributed by atoms with E-state index in [1.807, 2.05) is 0 Å². The van der Waals surface area contributed by atoms with Gasteiger partial charge in [-0.05, 0) is 12.1 Å². The third-order valence-electron chi connectivity index (χ3n) is 2.57. The smallest absolute Gasteiger partial charge is 0.289 e. The number of nitrogens with one attached hydrogen (secondary N) is 1. The van der Waals surface area contributed by atoms with E-state index in [1.54, 1.807) is 30.1 Å². The Kier molecular flexibility index (Phi) is 3.38. The van der Waals surface area contributed by atoms with Crippen molar-refractivity contribution >= 4 is 11.4 Å². The zero-order valence-corrected chi connectivity index (χ0v) is 10.1. The molecule has 0 aliphatic carbocycles. The van der Waals surface area contributed by atoms with Gasteiger partial charge in [0.1, 0.15) is 18.0 Å². The fourth-order valence-electron chi connectivity index (χ4n) is 1.54. The Hall–Kier alpha value is -2.95. The van der Waals surface area contributed by atoms with Gasteiger partial charge in [0, 0.05) is 18.8 Å². The molecule has 0 atom stereocenters. The Bertz CT molecular complexity index is 657. The summed E-state index contributed by atoms with van der Waals surface area (Å²) in [5.74, 6) is 0.701. The SMILES string of the molecule is Cn1cnnc1CNc1ccc(C#N)c([N+](=O)[O-])c1. The lowest BCUT2D eigenvalue weighted by molar-refractivity contribution is -0.385. The number of nitro groups is 1. The molecule has 0 aliphatic heterocycles. The minimum atomic E-state index is -0.577. The molecule has 0 saturated heterocycles. The summed E-state index contributed by atoms with van der Waals surface area (Å²) in [4.78, 5) is 10.2. The molecule has 1 heterocycles. The molecule has 8 heteroatoms. The first-order valence-electron chi connectivity index (χ1n) is 5.37. The predicted molar refractivity (Wildman–Crippen MR) is 66.1 cm³/mol. The molecule has 2 rings (SSSR count). The van der Waals surface area contributed by atoms with Gasteiger partial charge in [-0.25, -0.2) is 0 Å². The maximum absolute atomic E-state index is 10.8. The quantitative estimate of drug-likeness (QED) is 0.651. The number of hydrogen-bond donors (Lipinski definition) is 1. The average Bonchev–Trinajstić information content (AvgIpc) is 2.81. The largest absolute Gasteiger partial charge is 0.378 e. The second-order valence-electron chi connectivity index (χ2n) is 3.81. The van der Waals surface area contributed by atoms with Crippen molar-refractivity contribution in [2.75, 3.05) is 5.32 Å². The normalized spacial score (nSPS) is 9.89. The average molecular weight is 258 g/mol. The Labute approximate surface area is 108 Å². The minimum absolute atomic E-state index is 0.0363. The molecule has 0 amide bonds. The van der Waals surface area contributed by atoms with Gasteiger partial charge in [0.15, 0.2) is 5.82 Å². The first-order valence-corrected chi connectivity index (χ1v) is 5.37. The van der Waals surface area contributed by atoms with Crippen LogP contribution in [0.4, 0.5) is 11.4 Å². The van der Waals surface area contributed by atoms with Gasteiger partial charge in [-0.15, -0.1) is 10.2 Å². The van der Waals surface area contributed by atoms with Crippen LogP contribution in [-0.4, -0.2) is 19.7 Å². The molecule has 1 N–H and O–H groups in total. The van der Waals surface area contributed by atoms with Gasteiger partial charge in [-0.2, -0.15) is 5.26 Å². The number of rotatable bonds is 4. The summed E-state index contributed by atoms with van der Waals surface area (Å²) < 4.78 is 1.74. The van der Waals surface area contributed by atoms with Gasteiger partial charge in [-0.3, -0.25) is 10.1 Å². The summed E-state index contributed by atoms with van der Waals surface area (Å²) in [6.45, 7) is 0.388. The van der Waals surface area contributed by atoms with E-state index in [2.05, 4.69) is 15.5 Å². The number of hydrogen-bond acceptors (Lipinski definition) is 6. The molecule has 96 valence electrons. The molecule has 0 fully saturated rings. The topological polar surface area (TPSA) is 110 Å². The molecular weight excluding hydrogens is 248 g/mol. The molecule has 0 aliphatic rings. The van der Waals surface area contributed by atoms with Gasteiger partial charge in [0.25, 0.3) is 5.69 Å². The van der Waals surface area contributed by atoms with Gasteiger partial charge in [-0.1, -0.05) is 0 Å². The Morgan fingerprint density at radius 1 is 1.58 bits per heavy atom. The lowest BCUT2D eigenvalue weighted by atomic mass is 10.2. The Morgan fingerprint density at radius 3 is 2.95 bits per heavy atom. The van der Waals surface area contributed by atoms with E-state index in [-0.39, 0.29) is 11.3 Å². The molecular formula is C11H10N6O2. The molecule has 2 aromatic rings. The summed E-state index contributed by atoms with van der Waals surface area (Å²) in [6, 6.07) is 6.14. The van der Waals surface area contributed by atoms with E-state index < -0.39 is 4.92 Å². The maximum Gasteiger partial charge on any atom is 0.289 e. The molecule has 19 heavy (non-hydrogen) atoms. The molecule has 0 unspecified atom stereocenters. The van der Waals surface area contributed by atoms with Crippen molar-refractivity contribution in [3.05, 3.63) is 46.0 Å². The minimum Gasteiger partial charge on any atom is -0.378 e. The van der Waals surface area contributed by atoms with Crippen LogP contribution in [0.3, 0.4) is 0 Å². The van der Waals surface area contributed by atoms with E-state index >= 15 is 0 Å². The highest BCUT2D eigenvalue weighted by Gasteiger charge is 2.14. The van der Waals surface area contributed by atoms with Crippen molar-refractivity contribution in [2.24, 2.45) is 7.05 Å². The predicted octanol–water partition coefficient (Wildman–Crippen LogP) is 1.21. The van der Waals surface area contributed by atoms with Crippen molar-refractivity contribution in [1.82, 2.24) is 14.8 Å². The van der Waals surface area contributed by atoms with Gasteiger partial charge in [0.2, 0.25) is 0 Å². The first-order chi connectivity index (χ1) is 9.11. The van der Waals surface area contributed by atoms with Crippen LogP contribution in [0, 0.1) is 21.4 Å². The van der Waals surface area contributed by atoms with Crippen LogP contribution in [0.15, 0.2) is 24.5 Å². The van der Waals surface area contributed by atoms with E-state index in [9.17, 15) is 10.1 Å². The zero-order valence-electron chi connectivity index (χ0n) is 10.1. The van der Waals surface area contributed by atoms with Crippen LogP contribution in [0.2, 0.25) is 0 Å². The number of anilines is 1. The highest BCUT2D eigenvalue weighted by molar-refractivity contribution is 5.59. The Morgan fingerprint density at radius 2 is 2.37 bits per heavy atom. The van der Waals surface area contributed by atoms with Crippen LogP contribution in [-0.2, 0) is 13.6 Å². The van der Waals surface area contributed by atoms with Crippen molar-refractivity contribution in [1.29, 1.82) is 5.26 Å². The second kappa shape index (κ2) is 5.14. The third kappa shape index (κ3) is 2.66. The molecule has 1 aromatic carbocycles. The lowest BCUT2D eigenvalue weighted by Crippen LogP contribution is -2.06. The van der Waals surface area contributed by atoms with Gasteiger partial charge < -0.3 is 9.88 Å². The number of benzene rings is 1. The monoisotopic (exact) mass is 258 g/mol. The third-order valence-corrected chi connectivity index (χ3v) is 2.57. The molecule has 0 radical (unpaired) electrons. The van der Waals surface area contributed by atoms with Crippen molar-refractivity contribution in [2.45, 2.75) is 6.54 Å². The summed E-state index contributed by atoms with van der Waals surface area (Å²) in [5.41, 5.74) is 0.369. The zero-order chi connectivity index (χ0) is 13.8. The first kappa shape index (κ1) is 12.5. The molecule has 0 spiro atoms. The van der Waals surface area contributed by atoms with Crippen LogP contribution >= 0.6 is 0 Å². The lowest BCUT2D eigenvalue weighted by Gasteiger charge is -2.06. The summed E-state index contributed by atoms with van der Waals surface area (Å²) in [6.07, 6.45) is 1.57. The molecule has 0 bridgehead atoms. The van der Waals surface area contributed by atoms with Crippen LogP contribution in [0.25, 0.3) is 0 Å². The van der Waals surface area contributed by atoms with E-state index in [0.717, 1.165) is 0 Å². The van der Waals surface area contributed by atoms with E-state index in [0.29, 0.717) is 18.1 Å². The number of nitro benzene ring substituents is 1. The van der Waals surface area contributed by atoms with Crippen LogP contribution in [0.1, 0.15) is 11.4 Å². The van der Waals surface area contributed by atoms with Crippen molar-refractivity contribution in [3.63, 3.8) is 0 Å². The summed E-state index contributed by atoms with van der Waals surface area (Å²) in [7, 11) is 1.80.